The summed E-state index contributed by atoms with van der Waals surface area (Å²) in [6.45, 7) is 0. The number of hydrogen-bond acceptors (Lipinski definition) is 2. The molecule has 3 heteroatoms. The van der Waals surface area contributed by atoms with E-state index in [-0.39, 0.29) is 0 Å². The van der Waals surface area contributed by atoms with Crippen LogP contribution in [0.3, 0.4) is 0 Å². The van der Waals surface area contributed by atoms with E-state index in [1.165, 1.54) is 32.1 Å². The fourth-order valence-electron chi connectivity index (χ4n) is 4.91. The highest BCUT2D eigenvalue weighted by molar-refractivity contribution is 6.29. The standard InChI is InChI=1S/C15H19ClN2/c16-15-5-4-10(8-17-15)18-14-7-9-6-13(14)12-3-1-2-11(9)12/h4-5,8-9,11-14,18H,1-3,6-7H2. The zero-order valence-corrected chi connectivity index (χ0v) is 11.2. The van der Waals surface area contributed by atoms with Crippen LogP contribution in [0.4, 0.5) is 5.69 Å². The van der Waals surface area contributed by atoms with Crippen LogP contribution in [0, 0.1) is 23.7 Å². The van der Waals surface area contributed by atoms with Crippen LogP contribution in [0.1, 0.15) is 32.1 Å². The second-order valence-electron chi connectivity index (χ2n) is 6.27. The van der Waals surface area contributed by atoms with Gasteiger partial charge >= 0.3 is 0 Å². The number of nitrogens with zero attached hydrogens (tertiary/aromatic N) is 1. The van der Waals surface area contributed by atoms with Crippen molar-refractivity contribution in [3.63, 3.8) is 0 Å². The number of nitrogens with one attached hydrogen (secondary N) is 1. The number of pyridine rings is 1. The van der Waals surface area contributed by atoms with Crippen molar-refractivity contribution in [1.82, 2.24) is 4.98 Å². The van der Waals surface area contributed by atoms with Crippen molar-refractivity contribution in [1.29, 1.82) is 0 Å². The predicted octanol–water partition coefficient (Wildman–Crippen LogP) is 3.97. The first-order valence-corrected chi connectivity index (χ1v) is 7.57. The molecule has 5 atom stereocenters. The number of aromatic nitrogens is 1. The number of hydrogen-bond donors (Lipinski definition) is 1. The quantitative estimate of drug-likeness (QED) is 0.816. The van der Waals surface area contributed by atoms with E-state index in [1.54, 1.807) is 0 Å². The van der Waals surface area contributed by atoms with Gasteiger partial charge < -0.3 is 5.32 Å². The van der Waals surface area contributed by atoms with Crippen molar-refractivity contribution < 1.29 is 0 Å². The summed E-state index contributed by atoms with van der Waals surface area (Å²) in [6.07, 6.45) is 9.14. The fraction of sp³-hybridized carbons (Fsp3) is 0.667. The van der Waals surface area contributed by atoms with E-state index in [1.807, 2.05) is 18.3 Å². The first kappa shape index (κ1) is 11.1. The van der Waals surface area contributed by atoms with E-state index in [9.17, 15) is 0 Å². The maximum Gasteiger partial charge on any atom is 0.129 e. The van der Waals surface area contributed by atoms with Gasteiger partial charge in [0.1, 0.15) is 5.15 Å². The first-order valence-electron chi connectivity index (χ1n) is 7.19. The third-order valence-corrected chi connectivity index (χ3v) is 5.73. The molecule has 3 aliphatic carbocycles. The Morgan fingerprint density at radius 3 is 2.83 bits per heavy atom. The lowest BCUT2D eigenvalue weighted by molar-refractivity contribution is 0.243. The Morgan fingerprint density at radius 2 is 2.00 bits per heavy atom. The van der Waals surface area contributed by atoms with Crippen molar-refractivity contribution in [2.75, 3.05) is 5.32 Å². The van der Waals surface area contributed by atoms with Crippen LogP contribution in [0.5, 0.6) is 0 Å². The van der Waals surface area contributed by atoms with Crippen molar-refractivity contribution in [3.05, 3.63) is 23.5 Å². The van der Waals surface area contributed by atoms with E-state index in [4.69, 9.17) is 11.6 Å². The van der Waals surface area contributed by atoms with E-state index < -0.39 is 0 Å². The summed E-state index contributed by atoms with van der Waals surface area (Å²) < 4.78 is 0. The van der Waals surface area contributed by atoms with Crippen molar-refractivity contribution in [3.8, 4) is 0 Å². The molecule has 0 aromatic carbocycles. The van der Waals surface area contributed by atoms with E-state index >= 15 is 0 Å². The second-order valence-corrected chi connectivity index (χ2v) is 6.66. The molecule has 0 saturated heterocycles. The molecule has 5 unspecified atom stereocenters. The van der Waals surface area contributed by atoms with Gasteiger partial charge in [0.05, 0.1) is 11.9 Å². The maximum absolute atomic E-state index is 5.83. The molecule has 96 valence electrons. The molecule has 3 aliphatic rings. The number of rotatable bonds is 2. The Bertz CT molecular complexity index is 444. The van der Waals surface area contributed by atoms with E-state index in [2.05, 4.69) is 10.3 Å². The van der Waals surface area contributed by atoms with Crippen molar-refractivity contribution >= 4 is 17.3 Å². The normalized spacial score (nSPS) is 41.1. The van der Waals surface area contributed by atoms with Gasteiger partial charge in [-0.1, -0.05) is 18.0 Å². The molecular weight excluding hydrogens is 244 g/mol. The molecule has 2 bridgehead atoms. The Hall–Kier alpha value is -0.760. The average Bonchev–Trinajstić information content (AvgIpc) is 3.03. The molecule has 3 saturated carbocycles. The Kier molecular flexibility index (Phi) is 2.54. The van der Waals surface area contributed by atoms with Gasteiger partial charge in [0.2, 0.25) is 0 Å². The number of anilines is 1. The maximum atomic E-state index is 5.83. The summed E-state index contributed by atoms with van der Waals surface area (Å²) in [6, 6.07) is 4.60. The zero-order chi connectivity index (χ0) is 12.1. The highest BCUT2D eigenvalue weighted by Crippen LogP contribution is 2.59. The second kappa shape index (κ2) is 4.12. The topological polar surface area (TPSA) is 24.9 Å². The molecule has 2 nitrogen and oxygen atoms in total. The summed E-state index contributed by atoms with van der Waals surface area (Å²) in [4.78, 5) is 4.15. The van der Waals surface area contributed by atoms with Crippen molar-refractivity contribution in [2.45, 2.75) is 38.1 Å². The minimum absolute atomic E-state index is 0.573. The minimum atomic E-state index is 0.573. The lowest BCUT2D eigenvalue weighted by atomic mass is 9.79. The van der Waals surface area contributed by atoms with Gasteiger partial charge in [-0.15, -0.1) is 0 Å². The van der Waals surface area contributed by atoms with Gasteiger partial charge in [0.15, 0.2) is 0 Å². The first-order chi connectivity index (χ1) is 8.81. The monoisotopic (exact) mass is 262 g/mol. The Labute approximate surface area is 113 Å². The minimum Gasteiger partial charge on any atom is -0.381 e. The van der Waals surface area contributed by atoms with Gasteiger partial charge in [-0.25, -0.2) is 4.98 Å². The number of halogens is 1. The smallest absolute Gasteiger partial charge is 0.129 e. The van der Waals surface area contributed by atoms with Gasteiger partial charge in [-0.05, 0) is 61.5 Å². The fourth-order valence-corrected chi connectivity index (χ4v) is 5.02. The lowest BCUT2D eigenvalue weighted by Gasteiger charge is -2.32. The molecule has 0 spiro atoms. The predicted molar refractivity (Wildman–Crippen MR) is 73.7 cm³/mol. The van der Waals surface area contributed by atoms with Gasteiger partial charge in [-0.2, -0.15) is 0 Å². The average molecular weight is 263 g/mol. The SMILES string of the molecule is Clc1ccc(NC2CC3CC2C2CCCC32)cn1. The van der Waals surface area contributed by atoms with E-state index in [0.29, 0.717) is 11.2 Å². The zero-order valence-electron chi connectivity index (χ0n) is 10.5. The summed E-state index contributed by atoms with van der Waals surface area (Å²) in [7, 11) is 0. The van der Waals surface area contributed by atoms with Gasteiger partial charge in [0.25, 0.3) is 0 Å². The van der Waals surface area contributed by atoms with Crippen LogP contribution < -0.4 is 5.32 Å². The van der Waals surface area contributed by atoms with Crippen LogP contribution in [0.25, 0.3) is 0 Å². The van der Waals surface area contributed by atoms with Crippen LogP contribution in [0.15, 0.2) is 18.3 Å². The molecule has 1 aromatic rings. The molecule has 0 amide bonds. The molecule has 0 aliphatic heterocycles. The van der Waals surface area contributed by atoms with Crippen LogP contribution in [-0.4, -0.2) is 11.0 Å². The summed E-state index contributed by atoms with van der Waals surface area (Å²) in [5.74, 6) is 4.00. The van der Waals surface area contributed by atoms with Gasteiger partial charge in [0, 0.05) is 6.04 Å². The largest absolute Gasteiger partial charge is 0.381 e. The molecule has 3 fully saturated rings. The molecule has 1 N–H and O–H groups in total. The summed E-state index contributed by atoms with van der Waals surface area (Å²) in [5.41, 5.74) is 1.13. The molecule has 1 heterocycles. The van der Waals surface area contributed by atoms with Gasteiger partial charge in [-0.3, -0.25) is 0 Å². The van der Waals surface area contributed by atoms with Crippen LogP contribution in [0.2, 0.25) is 5.15 Å². The molecular formula is C15H19ClN2. The summed E-state index contributed by atoms with van der Waals surface area (Å²) in [5, 5.41) is 4.26. The molecule has 0 radical (unpaired) electrons. The highest BCUT2D eigenvalue weighted by atomic mass is 35.5. The molecule has 18 heavy (non-hydrogen) atoms. The highest BCUT2D eigenvalue weighted by Gasteiger charge is 2.53. The van der Waals surface area contributed by atoms with E-state index in [0.717, 1.165) is 29.4 Å². The summed E-state index contributed by atoms with van der Waals surface area (Å²) >= 11 is 5.83. The van der Waals surface area contributed by atoms with Crippen LogP contribution >= 0.6 is 11.6 Å². The molecule has 4 rings (SSSR count). The molecule has 1 aromatic heterocycles. The number of fused-ring (bicyclic) bond motifs is 5. The third kappa shape index (κ3) is 1.65. The van der Waals surface area contributed by atoms with Crippen LogP contribution in [-0.2, 0) is 0 Å². The lowest BCUT2D eigenvalue weighted by Crippen LogP contribution is -2.33. The Morgan fingerprint density at radius 1 is 1.11 bits per heavy atom. The third-order valence-electron chi connectivity index (χ3n) is 5.51. The van der Waals surface area contributed by atoms with Crippen molar-refractivity contribution in [2.24, 2.45) is 23.7 Å². The Balaban J connectivity index is 1.49.